The van der Waals surface area contributed by atoms with E-state index in [-0.39, 0.29) is 17.5 Å². The Hall–Kier alpha value is -2.04. The standard InChI is InChI=1S/C18H25N3O2/c1-14-6-8-15(9-7-14)19-17(23)21-12-4-11-18(13-21)10-3-5-16(22)20(18)2/h6-9H,3-5,10-13H2,1-2H3,(H,19,23)/t18-/m0/s1. The summed E-state index contributed by atoms with van der Waals surface area (Å²) in [6.07, 6.45) is 4.48. The maximum Gasteiger partial charge on any atom is 0.321 e. The summed E-state index contributed by atoms with van der Waals surface area (Å²) in [7, 11) is 1.89. The lowest BCUT2D eigenvalue weighted by Crippen LogP contribution is -2.62. The SMILES string of the molecule is Cc1ccc(NC(=O)N2CCC[C@@]3(CCCC(=O)N3C)C2)cc1. The summed E-state index contributed by atoms with van der Waals surface area (Å²) < 4.78 is 0. The molecule has 5 heteroatoms. The average Bonchev–Trinajstić information content (AvgIpc) is 2.55. The van der Waals surface area contributed by atoms with Gasteiger partial charge in [-0.15, -0.1) is 0 Å². The van der Waals surface area contributed by atoms with Gasteiger partial charge in [0.1, 0.15) is 0 Å². The maximum atomic E-state index is 12.6. The average molecular weight is 315 g/mol. The van der Waals surface area contributed by atoms with E-state index in [9.17, 15) is 9.59 Å². The molecule has 0 bridgehead atoms. The Bertz CT molecular complexity index is 595. The molecule has 2 aliphatic rings. The second kappa shape index (κ2) is 6.22. The third-order valence-electron chi connectivity index (χ3n) is 5.26. The Morgan fingerprint density at radius 3 is 2.61 bits per heavy atom. The summed E-state index contributed by atoms with van der Waals surface area (Å²) in [5.74, 6) is 0.206. The molecule has 0 unspecified atom stereocenters. The molecule has 1 aromatic rings. The monoisotopic (exact) mass is 315 g/mol. The molecule has 0 aliphatic carbocycles. The second-order valence-electron chi connectivity index (χ2n) is 6.85. The molecule has 0 aromatic heterocycles. The van der Waals surface area contributed by atoms with E-state index in [0.717, 1.165) is 37.9 Å². The van der Waals surface area contributed by atoms with Crippen LogP contribution in [0.15, 0.2) is 24.3 Å². The van der Waals surface area contributed by atoms with E-state index in [1.165, 1.54) is 5.56 Å². The number of rotatable bonds is 1. The molecular formula is C18H25N3O2. The molecule has 1 N–H and O–H groups in total. The van der Waals surface area contributed by atoms with Crippen LogP contribution >= 0.6 is 0 Å². The largest absolute Gasteiger partial charge is 0.338 e. The van der Waals surface area contributed by atoms with Crippen molar-refractivity contribution in [3.63, 3.8) is 0 Å². The summed E-state index contributed by atoms with van der Waals surface area (Å²) in [4.78, 5) is 28.4. The van der Waals surface area contributed by atoms with E-state index in [4.69, 9.17) is 0 Å². The van der Waals surface area contributed by atoms with Gasteiger partial charge in [-0.05, 0) is 44.7 Å². The Morgan fingerprint density at radius 2 is 1.87 bits per heavy atom. The molecule has 1 spiro atoms. The highest BCUT2D eigenvalue weighted by Crippen LogP contribution is 2.35. The molecule has 124 valence electrons. The predicted octanol–water partition coefficient (Wildman–Crippen LogP) is 3.00. The van der Waals surface area contributed by atoms with Crippen LogP contribution in [0.5, 0.6) is 0 Å². The lowest BCUT2D eigenvalue weighted by Gasteiger charge is -2.50. The van der Waals surface area contributed by atoms with Crippen molar-refractivity contribution in [2.75, 3.05) is 25.5 Å². The lowest BCUT2D eigenvalue weighted by molar-refractivity contribution is -0.142. The molecule has 1 aromatic carbocycles. The number of carbonyl (C=O) groups is 2. The Balaban J connectivity index is 1.69. The minimum atomic E-state index is -0.168. The van der Waals surface area contributed by atoms with Gasteiger partial charge in [-0.3, -0.25) is 4.79 Å². The predicted molar refractivity (Wildman–Crippen MR) is 90.4 cm³/mol. The van der Waals surface area contributed by atoms with Crippen LogP contribution in [-0.2, 0) is 4.79 Å². The number of carbonyl (C=O) groups excluding carboxylic acids is 2. The van der Waals surface area contributed by atoms with Crippen molar-refractivity contribution in [3.8, 4) is 0 Å². The van der Waals surface area contributed by atoms with Gasteiger partial charge in [-0.25, -0.2) is 4.79 Å². The van der Waals surface area contributed by atoms with Crippen LogP contribution in [0.1, 0.15) is 37.7 Å². The van der Waals surface area contributed by atoms with Crippen LogP contribution in [0, 0.1) is 6.92 Å². The van der Waals surface area contributed by atoms with Crippen molar-refractivity contribution >= 4 is 17.6 Å². The molecular weight excluding hydrogens is 290 g/mol. The molecule has 2 saturated heterocycles. The van der Waals surface area contributed by atoms with Gasteiger partial charge < -0.3 is 15.1 Å². The summed E-state index contributed by atoms with van der Waals surface area (Å²) in [5, 5.41) is 2.97. The van der Waals surface area contributed by atoms with Crippen molar-refractivity contribution in [3.05, 3.63) is 29.8 Å². The number of nitrogens with zero attached hydrogens (tertiary/aromatic N) is 2. The van der Waals surface area contributed by atoms with Crippen molar-refractivity contribution < 1.29 is 9.59 Å². The van der Waals surface area contributed by atoms with E-state index in [1.807, 2.05) is 48.0 Å². The third kappa shape index (κ3) is 3.19. The maximum absolute atomic E-state index is 12.6. The normalized spacial score (nSPS) is 24.9. The molecule has 3 amide bonds. The molecule has 0 saturated carbocycles. The fraction of sp³-hybridized carbons (Fsp3) is 0.556. The minimum Gasteiger partial charge on any atom is -0.338 e. The van der Waals surface area contributed by atoms with Gasteiger partial charge in [0.2, 0.25) is 5.91 Å². The molecule has 0 radical (unpaired) electrons. The number of benzene rings is 1. The van der Waals surface area contributed by atoms with Crippen LogP contribution in [-0.4, -0.2) is 47.4 Å². The van der Waals surface area contributed by atoms with Crippen LogP contribution < -0.4 is 5.32 Å². The van der Waals surface area contributed by atoms with E-state index >= 15 is 0 Å². The number of anilines is 1. The quantitative estimate of drug-likeness (QED) is 0.866. The number of amides is 3. The minimum absolute atomic E-state index is 0.0700. The number of piperidine rings is 2. The topological polar surface area (TPSA) is 52.7 Å². The van der Waals surface area contributed by atoms with Crippen LogP contribution in [0.4, 0.5) is 10.5 Å². The Kier molecular flexibility index (Phi) is 4.28. The van der Waals surface area contributed by atoms with Gasteiger partial charge >= 0.3 is 6.03 Å². The zero-order chi connectivity index (χ0) is 16.4. The van der Waals surface area contributed by atoms with E-state index in [1.54, 1.807) is 0 Å². The highest BCUT2D eigenvalue weighted by Gasteiger charge is 2.44. The van der Waals surface area contributed by atoms with Crippen LogP contribution in [0.25, 0.3) is 0 Å². The Morgan fingerprint density at radius 1 is 1.17 bits per heavy atom. The first kappa shape index (κ1) is 15.8. The van der Waals surface area contributed by atoms with Gasteiger partial charge in [0.25, 0.3) is 0 Å². The number of hydrogen-bond donors (Lipinski definition) is 1. The zero-order valence-corrected chi connectivity index (χ0v) is 14.0. The van der Waals surface area contributed by atoms with Crippen molar-refractivity contribution in [2.24, 2.45) is 0 Å². The van der Waals surface area contributed by atoms with Crippen LogP contribution in [0.3, 0.4) is 0 Å². The summed E-state index contributed by atoms with van der Waals surface area (Å²) >= 11 is 0. The third-order valence-corrected chi connectivity index (χ3v) is 5.26. The number of likely N-dealkylation sites (tertiary alicyclic amines) is 2. The van der Waals surface area contributed by atoms with Gasteiger partial charge in [0, 0.05) is 32.2 Å². The second-order valence-corrected chi connectivity index (χ2v) is 6.85. The molecule has 2 fully saturated rings. The van der Waals surface area contributed by atoms with E-state index in [2.05, 4.69) is 5.32 Å². The van der Waals surface area contributed by atoms with Gasteiger partial charge in [-0.2, -0.15) is 0 Å². The molecule has 1 atom stereocenters. The first-order valence-electron chi connectivity index (χ1n) is 8.39. The van der Waals surface area contributed by atoms with Crippen molar-refractivity contribution in [2.45, 2.75) is 44.6 Å². The summed E-state index contributed by atoms with van der Waals surface area (Å²) in [5.41, 5.74) is 1.81. The van der Waals surface area contributed by atoms with Crippen molar-refractivity contribution in [1.82, 2.24) is 9.80 Å². The first-order valence-corrected chi connectivity index (χ1v) is 8.39. The Labute approximate surface area is 137 Å². The fourth-order valence-corrected chi connectivity index (χ4v) is 3.77. The number of likely N-dealkylation sites (N-methyl/N-ethyl adjacent to an activating group) is 1. The summed E-state index contributed by atoms with van der Waals surface area (Å²) in [6, 6.07) is 7.74. The first-order chi connectivity index (χ1) is 11.0. The van der Waals surface area contributed by atoms with Crippen molar-refractivity contribution in [1.29, 1.82) is 0 Å². The molecule has 23 heavy (non-hydrogen) atoms. The van der Waals surface area contributed by atoms with Gasteiger partial charge in [-0.1, -0.05) is 17.7 Å². The number of urea groups is 1. The fourth-order valence-electron chi connectivity index (χ4n) is 3.77. The molecule has 5 nitrogen and oxygen atoms in total. The smallest absolute Gasteiger partial charge is 0.321 e. The zero-order valence-electron chi connectivity index (χ0n) is 14.0. The lowest BCUT2D eigenvalue weighted by atomic mass is 9.80. The van der Waals surface area contributed by atoms with E-state index in [0.29, 0.717) is 13.0 Å². The molecule has 2 heterocycles. The highest BCUT2D eigenvalue weighted by molar-refractivity contribution is 5.89. The van der Waals surface area contributed by atoms with Gasteiger partial charge in [0.15, 0.2) is 0 Å². The van der Waals surface area contributed by atoms with E-state index < -0.39 is 0 Å². The number of nitrogens with one attached hydrogen (secondary N) is 1. The highest BCUT2D eigenvalue weighted by atomic mass is 16.2. The van der Waals surface area contributed by atoms with Gasteiger partial charge in [0.05, 0.1) is 5.54 Å². The van der Waals surface area contributed by atoms with Crippen LogP contribution in [0.2, 0.25) is 0 Å². The molecule has 3 rings (SSSR count). The molecule has 2 aliphatic heterocycles. The summed E-state index contributed by atoms with van der Waals surface area (Å²) in [6.45, 7) is 3.41. The number of aryl methyl sites for hydroxylation is 1. The number of hydrogen-bond acceptors (Lipinski definition) is 2.